The van der Waals surface area contributed by atoms with Crippen LogP contribution in [0.3, 0.4) is 0 Å². The molecule has 29 heavy (non-hydrogen) atoms. The molecule has 8 heteroatoms. The number of nitrogens with two attached hydrogens (primary N) is 1. The molecule has 0 spiro atoms. The van der Waals surface area contributed by atoms with Gasteiger partial charge in [0.15, 0.2) is 14.6 Å². The van der Waals surface area contributed by atoms with Crippen LogP contribution < -0.4 is 15.2 Å². The first-order valence-corrected chi connectivity index (χ1v) is 10.7. The minimum atomic E-state index is -4.13. The second-order valence-electron chi connectivity index (χ2n) is 6.38. The number of carboxylic acids is 1. The summed E-state index contributed by atoms with van der Waals surface area (Å²) in [7, 11) is -2.66. The van der Waals surface area contributed by atoms with Crippen LogP contribution in [0.1, 0.15) is 26.3 Å². The Kier molecular flexibility index (Phi) is 9.13. The van der Waals surface area contributed by atoms with E-state index in [1.54, 1.807) is 24.3 Å². The monoisotopic (exact) mass is 423 g/mol. The number of sulfone groups is 1. The highest BCUT2D eigenvalue weighted by atomic mass is 32.2. The Morgan fingerprint density at radius 1 is 1.03 bits per heavy atom. The summed E-state index contributed by atoms with van der Waals surface area (Å²) in [6.45, 7) is 6.25. The van der Waals surface area contributed by atoms with Gasteiger partial charge in [0.25, 0.3) is 0 Å². The maximum Gasteiger partial charge on any atom is 0.325 e. The van der Waals surface area contributed by atoms with Crippen molar-refractivity contribution in [3.05, 3.63) is 54.1 Å². The van der Waals surface area contributed by atoms with E-state index in [2.05, 4.69) is 0 Å². The molecule has 3 N–H and O–H groups in total. The molecule has 0 bridgehead atoms. The number of methoxy groups -OCH3 is 1. The van der Waals surface area contributed by atoms with Crippen LogP contribution in [-0.2, 0) is 21.1 Å². The smallest absolute Gasteiger partial charge is 0.325 e. The molecule has 2 aromatic carbocycles. The molecule has 0 aliphatic carbocycles. The predicted octanol–water partition coefficient (Wildman–Crippen LogP) is 2.92. The van der Waals surface area contributed by atoms with Gasteiger partial charge < -0.3 is 20.3 Å². The number of rotatable bonds is 8. The number of carboxylic acid groups (broad SMARTS) is 1. The number of benzene rings is 2. The minimum absolute atomic E-state index is 0.0610. The van der Waals surface area contributed by atoms with Gasteiger partial charge in [-0.2, -0.15) is 0 Å². The number of carbonyl (C=O) groups is 1. The topological polar surface area (TPSA) is 116 Å². The molecule has 0 fully saturated rings. The zero-order valence-corrected chi connectivity index (χ0v) is 18.0. The van der Waals surface area contributed by atoms with Crippen molar-refractivity contribution in [1.29, 1.82) is 0 Å². The van der Waals surface area contributed by atoms with Crippen LogP contribution in [0.5, 0.6) is 11.5 Å². The quantitative estimate of drug-likeness (QED) is 0.670. The highest BCUT2D eigenvalue weighted by molar-refractivity contribution is 7.93. The van der Waals surface area contributed by atoms with Crippen LogP contribution in [0.15, 0.2) is 53.4 Å². The molecular formula is C21H29NO6S. The fraction of sp³-hybridized carbons (Fsp3) is 0.381. The Morgan fingerprint density at radius 3 is 1.93 bits per heavy atom. The molecule has 0 radical (unpaired) electrons. The lowest BCUT2D eigenvalue weighted by Crippen LogP contribution is -2.45. The lowest BCUT2D eigenvalue weighted by atomic mass is 10.0. The molecule has 0 amide bonds. The molecule has 0 saturated carbocycles. The summed E-state index contributed by atoms with van der Waals surface area (Å²) >= 11 is 0. The normalized spacial score (nSPS) is 12.9. The first kappa shape index (κ1) is 24.5. The van der Waals surface area contributed by atoms with Gasteiger partial charge in [-0.25, -0.2) is 8.42 Å². The molecule has 160 valence electrons. The molecular weight excluding hydrogens is 394 g/mol. The Bertz CT molecular complexity index is 878. The standard InChI is InChI=1S/C19H22O6S.C2H7N/c1-4-25-16-7-5-14(6-8-16)13-19(2,18(20)21)26(22,23)17-11-9-15(24-3)10-12-17;1-2-3/h5-12H,4,13H2,1-3H3,(H,20,21);2-3H2,1H3. The van der Waals surface area contributed by atoms with Crippen molar-refractivity contribution in [2.24, 2.45) is 5.73 Å². The van der Waals surface area contributed by atoms with Crippen LogP contribution >= 0.6 is 0 Å². The second-order valence-corrected chi connectivity index (χ2v) is 8.76. The minimum Gasteiger partial charge on any atom is -0.497 e. The largest absolute Gasteiger partial charge is 0.497 e. The van der Waals surface area contributed by atoms with Crippen molar-refractivity contribution < 1.29 is 27.8 Å². The van der Waals surface area contributed by atoms with Gasteiger partial charge in [-0.1, -0.05) is 19.1 Å². The third-order valence-electron chi connectivity index (χ3n) is 4.19. The first-order valence-electron chi connectivity index (χ1n) is 9.20. The number of aliphatic carboxylic acids is 1. The van der Waals surface area contributed by atoms with Crippen LogP contribution in [0.2, 0.25) is 0 Å². The van der Waals surface area contributed by atoms with Crippen molar-refractivity contribution >= 4 is 15.8 Å². The van der Waals surface area contributed by atoms with E-state index in [1.807, 2.05) is 13.8 Å². The van der Waals surface area contributed by atoms with Gasteiger partial charge in [0.05, 0.1) is 18.6 Å². The Labute approximate surface area is 172 Å². The van der Waals surface area contributed by atoms with Gasteiger partial charge in [-0.05, 0) is 62.4 Å². The maximum absolute atomic E-state index is 13.0. The van der Waals surface area contributed by atoms with E-state index in [4.69, 9.17) is 15.2 Å². The van der Waals surface area contributed by atoms with Crippen LogP contribution in [-0.4, -0.2) is 44.5 Å². The lowest BCUT2D eigenvalue weighted by Gasteiger charge is -2.25. The molecule has 0 heterocycles. The highest BCUT2D eigenvalue weighted by Gasteiger charge is 2.47. The predicted molar refractivity (Wildman–Crippen MR) is 112 cm³/mol. The molecule has 0 aromatic heterocycles. The van der Waals surface area contributed by atoms with Crippen LogP contribution in [0, 0.1) is 0 Å². The highest BCUT2D eigenvalue weighted by Crippen LogP contribution is 2.31. The number of ether oxygens (including phenoxy) is 2. The molecule has 0 saturated heterocycles. The summed E-state index contributed by atoms with van der Waals surface area (Å²) in [6, 6.07) is 12.4. The van der Waals surface area contributed by atoms with Crippen molar-refractivity contribution in [3.8, 4) is 11.5 Å². The summed E-state index contributed by atoms with van der Waals surface area (Å²) in [5.74, 6) is -0.263. The molecule has 0 aliphatic rings. The van der Waals surface area contributed by atoms with E-state index < -0.39 is 20.6 Å². The van der Waals surface area contributed by atoms with Crippen LogP contribution in [0.4, 0.5) is 0 Å². The van der Waals surface area contributed by atoms with Gasteiger partial charge in [0.2, 0.25) is 0 Å². The summed E-state index contributed by atoms with van der Waals surface area (Å²) in [6.07, 6.45) is -0.164. The molecule has 1 atom stereocenters. The Balaban J connectivity index is 0.00000132. The second kappa shape index (κ2) is 10.8. The average Bonchev–Trinajstić information content (AvgIpc) is 2.70. The lowest BCUT2D eigenvalue weighted by molar-refractivity contribution is -0.139. The zero-order valence-electron chi connectivity index (χ0n) is 17.2. The van der Waals surface area contributed by atoms with E-state index in [0.717, 1.165) is 6.54 Å². The summed E-state index contributed by atoms with van der Waals surface area (Å²) in [5.41, 5.74) is 5.44. The van der Waals surface area contributed by atoms with E-state index in [-0.39, 0.29) is 11.3 Å². The molecule has 0 aliphatic heterocycles. The third kappa shape index (κ3) is 5.95. The average molecular weight is 424 g/mol. The fourth-order valence-electron chi connectivity index (χ4n) is 2.56. The van der Waals surface area contributed by atoms with Gasteiger partial charge in [0.1, 0.15) is 11.5 Å². The summed E-state index contributed by atoms with van der Waals surface area (Å²) in [5, 5.41) is 9.70. The zero-order chi connectivity index (χ0) is 22.1. The van der Waals surface area contributed by atoms with Crippen molar-refractivity contribution in [1.82, 2.24) is 0 Å². The molecule has 2 rings (SSSR count). The van der Waals surface area contributed by atoms with Gasteiger partial charge >= 0.3 is 5.97 Å². The van der Waals surface area contributed by atoms with Gasteiger partial charge in [-0.15, -0.1) is 0 Å². The van der Waals surface area contributed by atoms with Gasteiger partial charge in [0, 0.05) is 6.42 Å². The first-order chi connectivity index (χ1) is 13.7. The number of hydrogen-bond acceptors (Lipinski definition) is 6. The maximum atomic E-state index is 13.0. The van der Waals surface area contributed by atoms with Crippen molar-refractivity contribution in [3.63, 3.8) is 0 Å². The van der Waals surface area contributed by atoms with E-state index in [9.17, 15) is 18.3 Å². The van der Waals surface area contributed by atoms with E-state index in [1.165, 1.54) is 38.3 Å². The van der Waals surface area contributed by atoms with Crippen molar-refractivity contribution in [2.45, 2.75) is 36.8 Å². The van der Waals surface area contributed by atoms with Gasteiger partial charge in [-0.3, -0.25) is 4.79 Å². The molecule has 7 nitrogen and oxygen atoms in total. The SMILES string of the molecule is CCN.CCOc1ccc(CC(C)(C(=O)O)S(=O)(=O)c2ccc(OC)cc2)cc1. The van der Waals surface area contributed by atoms with E-state index in [0.29, 0.717) is 23.7 Å². The van der Waals surface area contributed by atoms with Crippen molar-refractivity contribution in [2.75, 3.05) is 20.3 Å². The Morgan fingerprint density at radius 2 is 1.52 bits per heavy atom. The third-order valence-corrected chi connectivity index (χ3v) is 6.59. The summed E-state index contributed by atoms with van der Waals surface area (Å²) in [4.78, 5) is 11.8. The molecule has 2 aromatic rings. The Hall–Kier alpha value is -2.58. The summed E-state index contributed by atoms with van der Waals surface area (Å²) < 4.78 is 34.4. The molecule has 1 unspecified atom stereocenters. The fourth-order valence-corrected chi connectivity index (χ4v) is 4.16. The van der Waals surface area contributed by atoms with Crippen LogP contribution in [0.25, 0.3) is 0 Å². The number of hydrogen-bond donors (Lipinski definition) is 2. The van der Waals surface area contributed by atoms with E-state index >= 15 is 0 Å².